The molecule has 0 bridgehead atoms. The molecule has 2 fully saturated rings. The van der Waals surface area contributed by atoms with E-state index in [-0.39, 0.29) is 19.4 Å². The molecule has 0 spiro atoms. The molecular weight excluding hydrogens is 913 g/mol. The van der Waals surface area contributed by atoms with E-state index in [2.05, 4.69) is 56.4 Å². The van der Waals surface area contributed by atoms with Crippen molar-refractivity contribution in [2.24, 2.45) is 0 Å². The fourth-order valence-electron chi connectivity index (χ4n) is 8.50. The van der Waals surface area contributed by atoms with E-state index in [0.29, 0.717) is 19.3 Å². The van der Waals surface area contributed by atoms with E-state index in [0.717, 1.165) is 44.9 Å². The Hall–Kier alpha value is -2.54. The summed E-state index contributed by atoms with van der Waals surface area (Å²) in [6.45, 7) is 2.53. The predicted octanol–water partition coefficient (Wildman–Crippen LogP) is 8.66. The summed E-state index contributed by atoms with van der Waals surface area (Å²) in [6, 6.07) is 0. The highest BCUT2D eigenvalue weighted by Gasteiger charge is 2.47. The molecule has 0 saturated carbocycles. The minimum Gasteiger partial charge on any atom is -0.462 e. The van der Waals surface area contributed by atoms with Crippen molar-refractivity contribution in [3.8, 4) is 0 Å². The summed E-state index contributed by atoms with van der Waals surface area (Å²) in [6.07, 6.45) is 31.4. The average Bonchev–Trinajstić information content (AvgIpc) is 3.36. The Morgan fingerprint density at radius 1 is 0.451 bits per heavy atom. The Morgan fingerprint density at radius 3 is 1.37 bits per heavy atom. The number of allylic oxidation sites excluding steroid dienone is 8. The minimum atomic E-state index is -1.77. The number of unbranched alkanes of at least 4 members (excludes halogenated alkanes) is 21. The monoisotopic (exact) mass is 1010 g/mol. The summed E-state index contributed by atoms with van der Waals surface area (Å²) >= 11 is 0. The van der Waals surface area contributed by atoms with Crippen LogP contribution in [0.15, 0.2) is 48.6 Å². The van der Waals surface area contributed by atoms with Crippen LogP contribution < -0.4 is 0 Å². The van der Waals surface area contributed by atoms with Crippen molar-refractivity contribution in [3.05, 3.63) is 48.6 Å². The van der Waals surface area contributed by atoms with Crippen LogP contribution in [0.2, 0.25) is 0 Å². The van der Waals surface area contributed by atoms with Gasteiger partial charge in [0.05, 0.1) is 19.8 Å². The predicted molar refractivity (Wildman–Crippen MR) is 275 cm³/mol. The van der Waals surface area contributed by atoms with Gasteiger partial charge in [0.1, 0.15) is 55.4 Å². The largest absolute Gasteiger partial charge is 0.462 e. The van der Waals surface area contributed by atoms with Gasteiger partial charge >= 0.3 is 11.9 Å². The summed E-state index contributed by atoms with van der Waals surface area (Å²) in [4.78, 5) is 25.8. The van der Waals surface area contributed by atoms with Crippen LogP contribution in [-0.2, 0) is 38.0 Å². The van der Waals surface area contributed by atoms with Gasteiger partial charge in [-0.3, -0.25) is 9.59 Å². The van der Waals surface area contributed by atoms with Crippen molar-refractivity contribution in [2.45, 2.75) is 268 Å². The standard InChI is InChI=1S/C56H98O15/c1-3-5-7-9-11-13-15-17-19-21-23-25-27-29-31-33-35-37-39-48(59)69-44(41-66-47(58)38-36-34-32-30-28-26-24-22-20-18-16-14-12-10-8-6-4-2)42-67-55-54(65)52(63)50(61)46(71-55)43-68-56-53(64)51(62)49(60)45(40-57)70-56/h12,14,18,20,24,26,30,32,44-46,49-57,60-65H,3-11,13,15-17,19,21-23,25,27-29,31,33-43H2,1-2H3/b14-12+,20-18+,26-24+,32-30+/t44-,45+,46+,49-,50-,51?,52?,53?,54?,55+,56+/m1/s1. The highest BCUT2D eigenvalue weighted by Crippen LogP contribution is 2.26. The lowest BCUT2D eigenvalue weighted by atomic mass is 9.98. The van der Waals surface area contributed by atoms with E-state index in [1.165, 1.54) is 109 Å². The third-order valence-electron chi connectivity index (χ3n) is 13.1. The van der Waals surface area contributed by atoms with Gasteiger partial charge in [0, 0.05) is 12.8 Å². The van der Waals surface area contributed by atoms with Crippen LogP contribution >= 0.6 is 0 Å². The molecule has 71 heavy (non-hydrogen) atoms. The first kappa shape index (κ1) is 64.6. The Labute approximate surface area is 427 Å². The maximum atomic E-state index is 13.0. The fraction of sp³-hybridized carbons (Fsp3) is 0.821. The normalized spacial score (nSPS) is 25.5. The fourth-order valence-corrected chi connectivity index (χ4v) is 8.50. The first-order valence-corrected chi connectivity index (χ1v) is 27.7. The molecular formula is C56H98O15. The van der Waals surface area contributed by atoms with Crippen molar-refractivity contribution in [1.29, 1.82) is 0 Å². The lowest BCUT2D eigenvalue weighted by Crippen LogP contribution is -2.61. The third kappa shape index (κ3) is 30.4. The Bertz CT molecular complexity index is 1420. The van der Waals surface area contributed by atoms with Crippen LogP contribution in [0.1, 0.15) is 200 Å². The summed E-state index contributed by atoms with van der Waals surface area (Å²) in [5.41, 5.74) is 0. The molecule has 2 aliphatic rings. The molecule has 0 aromatic rings. The molecule has 0 aromatic carbocycles. The number of hydrogen-bond donors (Lipinski definition) is 7. The van der Waals surface area contributed by atoms with E-state index >= 15 is 0 Å². The van der Waals surface area contributed by atoms with Crippen LogP contribution in [0.3, 0.4) is 0 Å². The van der Waals surface area contributed by atoms with Crippen molar-refractivity contribution in [1.82, 2.24) is 0 Å². The zero-order valence-corrected chi connectivity index (χ0v) is 43.7. The molecule has 0 radical (unpaired) electrons. The molecule has 0 aromatic heterocycles. The molecule has 7 N–H and O–H groups in total. The number of aliphatic hydroxyl groups excluding tert-OH is 7. The van der Waals surface area contributed by atoms with Crippen LogP contribution in [0.4, 0.5) is 0 Å². The maximum Gasteiger partial charge on any atom is 0.306 e. The summed E-state index contributed by atoms with van der Waals surface area (Å²) in [7, 11) is 0. The molecule has 2 saturated heterocycles. The van der Waals surface area contributed by atoms with Gasteiger partial charge in [-0.05, 0) is 51.4 Å². The van der Waals surface area contributed by atoms with Crippen LogP contribution in [0, 0.1) is 0 Å². The lowest BCUT2D eigenvalue weighted by molar-refractivity contribution is -0.332. The minimum absolute atomic E-state index is 0.142. The first-order chi connectivity index (χ1) is 34.5. The average molecular weight is 1010 g/mol. The molecule has 4 unspecified atom stereocenters. The number of ether oxygens (including phenoxy) is 6. The van der Waals surface area contributed by atoms with E-state index in [1.54, 1.807) is 0 Å². The molecule has 11 atom stereocenters. The SMILES string of the molecule is CCCCC/C=C/C/C=C/C/C=C/C/C=C/CCCC(=O)OC[C@H](CO[C@H]1O[C@@H](CO[C@H]2O[C@@H](CO)[C@@H](O)C(O)C2O)[C@@H](O)C(O)C1O)OC(=O)CCCCCCCCCCCCCCCCCCCC. The van der Waals surface area contributed by atoms with E-state index in [9.17, 15) is 45.3 Å². The van der Waals surface area contributed by atoms with Gasteiger partial charge in [-0.25, -0.2) is 0 Å². The van der Waals surface area contributed by atoms with Gasteiger partial charge in [-0.2, -0.15) is 0 Å². The highest BCUT2D eigenvalue weighted by molar-refractivity contribution is 5.70. The molecule has 2 rings (SSSR count). The zero-order valence-electron chi connectivity index (χ0n) is 43.7. The van der Waals surface area contributed by atoms with E-state index in [1.807, 2.05) is 6.08 Å². The number of carbonyl (C=O) groups excluding carboxylic acids is 2. The van der Waals surface area contributed by atoms with E-state index in [4.69, 9.17) is 28.4 Å². The van der Waals surface area contributed by atoms with Crippen molar-refractivity contribution >= 4 is 11.9 Å². The van der Waals surface area contributed by atoms with Crippen molar-refractivity contribution in [3.63, 3.8) is 0 Å². The molecule has 0 aliphatic carbocycles. The Morgan fingerprint density at radius 2 is 0.859 bits per heavy atom. The Kier molecular flexibility index (Phi) is 38.9. The van der Waals surface area contributed by atoms with Gasteiger partial charge in [0.15, 0.2) is 18.7 Å². The van der Waals surface area contributed by atoms with E-state index < -0.39 is 99.3 Å². The van der Waals surface area contributed by atoms with Gasteiger partial charge in [0.25, 0.3) is 0 Å². The van der Waals surface area contributed by atoms with Crippen molar-refractivity contribution in [2.75, 3.05) is 26.4 Å². The molecule has 15 nitrogen and oxygen atoms in total. The second-order valence-corrected chi connectivity index (χ2v) is 19.4. The molecule has 15 heteroatoms. The van der Waals surface area contributed by atoms with Crippen LogP contribution in [0.25, 0.3) is 0 Å². The van der Waals surface area contributed by atoms with Crippen LogP contribution in [0.5, 0.6) is 0 Å². The maximum absolute atomic E-state index is 13.0. The zero-order chi connectivity index (χ0) is 51.7. The molecule has 2 aliphatic heterocycles. The number of esters is 2. The molecule has 2 heterocycles. The lowest BCUT2D eigenvalue weighted by Gasteiger charge is -2.42. The van der Waals surface area contributed by atoms with Gasteiger partial charge in [-0.15, -0.1) is 0 Å². The number of hydrogen-bond acceptors (Lipinski definition) is 15. The highest BCUT2D eigenvalue weighted by atomic mass is 16.7. The van der Waals surface area contributed by atoms with Gasteiger partial charge in [0.2, 0.25) is 0 Å². The summed E-state index contributed by atoms with van der Waals surface area (Å²) in [5, 5.41) is 72.2. The molecule has 0 amide bonds. The summed E-state index contributed by atoms with van der Waals surface area (Å²) in [5.74, 6) is -0.985. The number of aliphatic hydroxyl groups is 7. The smallest absolute Gasteiger partial charge is 0.306 e. The summed E-state index contributed by atoms with van der Waals surface area (Å²) < 4.78 is 33.6. The molecule has 412 valence electrons. The second kappa shape index (κ2) is 42.8. The quantitative estimate of drug-likeness (QED) is 0.0172. The van der Waals surface area contributed by atoms with Gasteiger partial charge in [-0.1, -0.05) is 184 Å². The first-order valence-electron chi connectivity index (χ1n) is 27.7. The topological polar surface area (TPSA) is 231 Å². The van der Waals surface area contributed by atoms with Crippen molar-refractivity contribution < 1.29 is 73.8 Å². The van der Waals surface area contributed by atoms with Gasteiger partial charge < -0.3 is 64.2 Å². The third-order valence-corrected chi connectivity index (χ3v) is 13.1. The second-order valence-electron chi connectivity index (χ2n) is 19.4. The number of carbonyl (C=O) groups is 2. The number of rotatable bonds is 43. The van der Waals surface area contributed by atoms with Crippen LogP contribution in [-0.4, -0.2) is 142 Å². The Balaban J connectivity index is 1.80.